The summed E-state index contributed by atoms with van der Waals surface area (Å²) in [7, 11) is -3.35. The normalized spacial score (nSPS) is 17.6. The molecule has 1 aliphatic heterocycles. The Morgan fingerprint density at radius 1 is 1.09 bits per heavy atom. The van der Waals surface area contributed by atoms with Crippen LogP contribution in [0.4, 0.5) is 0 Å². The first kappa shape index (κ1) is 15.1. The van der Waals surface area contributed by atoms with Gasteiger partial charge in [0.25, 0.3) is 0 Å². The van der Waals surface area contributed by atoms with Gasteiger partial charge in [-0.2, -0.15) is 4.31 Å². The highest BCUT2D eigenvalue weighted by Gasteiger charge is 2.28. The average Bonchev–Trinajstić information content (AvgIpc) is 3.01. The fourth-order valence-corrected chi connectivity index (χ4v) is 3.88. The molecule has 8 heteroatoms. The van der Waals surface area contributed by atoms with Crippen LogP contribution in [-0.2, 0) is 22.3 Å². The van der Waals surface area contributed by atoms with E-state index < -0.39 is 10.0 Å². The lowest BCUT2D eigenvalue weighted by Crippen LogP contribution is -2.48. The van der Waals surface area contributed by atoms with Gasteiger partial charge >= 0.3 is 0 Å². The van der Waals surface area contributed by atoms with Gasteiger partial charge in [0, 0.05) is 45.0 Å². The topological polar surface area (TPSA) is 79.5 Å². The van der Waals surface area contributed by atoms with Crippen LogP contribution < -0.4 is 0 Å². The zero-order valence-corrected chi connectivity index (χ0v) is 12.9. The van der Waals surface area contributed by atoms with Crippen molar-refractivity contribution in [2.75, 3.05) is 26.2 Å². The lowest BCUT2D eigenvalue weighted by molar-refractivity contribution is 0.179. The average molecular weight is 322 g/mol. The van der Waals surface area contributed by atoms with Crippen LogP contribution in [0.1, 0.15) is 11.5 Å². The molecule has 1 fully saturated rings. The number of hydrogen-bond acceptors (Lipinski definition) is 6. The Hall–Kier alpha value is -1.77. The third-order valence-electron chi connectivity index (χ3n) is 3.65. The Morgan fingerprint density at radius 2 is 1.91 bits per heavy atom. The molecule has 22 heavy (non-hydrogen) atoms. The van der Waals surface area contributed by atoms with Gasteiger partial charge in [0.15, 0.2) is 5.76 Å². The minimum Gasteiger partial charge on any atom is -0.360 e. The minimum absolute atomic E-state index is 0.132. The summed E-state index contributed by atoms with van der Waals surface area (Å²) in [5.41, 5.74) is 1.00. The summed E-state index contributed by atoms with van der Waals surface area (Å²) in [6.07, 6.45) is 3.23. The zero-order chi connectivity index (χ0) is 15.4. The molecule has 3 rings (SSSR count). The van der Waals surface area contributed by atoms with Gasteiger partial charge in [-0.3, -0.25) is 9.88 Å². The van der Waals surface area contributed by atoms with E-state index in [1.54, 1.807) is 12.3 Å². The number of pyridine rings is 1. The monoisotopic (exact) mass is 322 g/mol. The zero-order valence-electron chi connectivity index (χ0n) is 12.1. The highest BCUT2D eigenvalue weighted by Crippen LogP contribution is 2.14. The molecule has 7 nitrogen and oxygen atoms in total. The third-order valence-corrected chi connectivity index (χ3v) is 5.45. The maximum absolute atomic E-state index is 12.3. The first-order valence-electron chi connectivity index (χ1n) is 7.13. The number of hydrogen-bond donors (Lipinski definition) is 0. The minimum atomic E-state index is -3.35. The number of piperazine rings is 1. The first-order valence-corrected chi connectivity index (χ1v) is 8.74. The van der Waals surface area contributed by atoms with E-state index in [0.717, 1.165) is 12.2 Å². The molecule has 0 saturated carbocycles. The number of aromatic nitrogens is 2. The Bertz CT molecular complexity index is 680. The smallest absolute Gasteiger partial charge is 0.221 e. The van der Waals surface area contributed by atoms with Crippen molar-refractivity contribution in [1.29, 1.82) is 0 Å². The van der Waals surface area contributed by atoms with Crippen molar-refractivity contribution in [2.45, 2.75) is 12.3 Å². The molecule has 0 aliphatic carbocycles. The molecule has 0 radical (unpaired) electrons. The summed E-state index contributed by atoms with van der Waals surface area (Å²) in [5.74, 6) is 0.240. The van der Waals surface area contributed by atoms with E-state index in [4.69, 9.17) is 4.52 Å². The summed E-state index contributed by atoms with van der Waals surface area (Å²) in [6.45, 7) is 3.13. The van der Waals surface area contributed by atoms with Crippen LogP contribution >= 0.6 is 0 Å². The van der Waals surface area contributed by atoms with Gasteiger partial charge in [-0.05, 0) is 12.1 Å². The Kier molecular flexibility index (Phi) is 4.51. The summed E-state index contributed by atoms with van der Waals surface area (Å²) < 4.78 is 31.1. The number of sulfonamides is 1. The van der Waals surface area contributed by atoms with E-state index in [-0.39, 0.29) is 5.75 Å². The summed E-state index contributed by atoms with van der Waals surface area (Å²) in [4.78, 5) is 6.51. The van der Waals surface area contributed by atoms with Crippen molar-refractivity contribution in [3.63, 3.8) is 0 Å². The molecule has 2 aromatic heterocycles. The van der Waals surface area contributed by atoms with E-state index in [9.17, 15) is 8.42 Å². The molecule has 0 N–H and O–H groups in total. The molecule has 3 heterocycles. The molecule has 0 amide bonds. The van der Waals surface area contributed by atoms with Gasteiger partial charge in [0.2, 0.25) is 10.0 Å². The fraction of sp³-hybridized carbons (Fsp3) is 0.429. The van der Waals surface area contributed by atoms with Crippen LogP contribution in [0.3, 0.4) is 0 Å². The molecule has 1 saturated heterocycles. The van der Waals surface area contributed by atoms with Crippen molar-refractivity contribution in [3.8, 4) is 0 Å². The molecule has 1 aliphatic rings. The largest absolute Gasteiger partial charge is 0.360 e. The maximum atomic E-state index is 12.3. The molecular formula is C14H18N4O3S. The van der Waals surface area contributed by atoms with Crippen LogP contribution in [0.25, 0.3) is 0 Å². The highest BCUT2D eigenvalue weighted by atomic mass is 32.2. The molecular weight excluding hydrogens is 304 g/mol. The molecule has 0 atom stereocenters. The van der Waals surface area contributed by atoms with Crippen LogP contribution in [0, 0.1) is 0 Å². The third kappa shape index (κ3) is 3.70. The highest BCUT2D eigenvalue weighted by molar-refractivity contribution is 7.88. The van der Waals surface area contributed by atoms with Gasteiger partial charge < -0.3 is 4.52 Å². The van der Waals surface area contributed by atoms with Crippen molar-refractivity contribution >= 4 is 10.0 Å². The van der Waals surface area contributed by atoms with Crippen LogP contribution in [0.15, 0.2) is 41.2 Å². The first-order chi connectivity index (χ1) is 10.6. The summed E-state index contributed by atoms with van der Waals surface area (Å²) >= 11 is 0. The van der Waals surface area contributed by atoms with Gasteiger partial charge in [0.1, 0.15) is 5.75 Å². The SMILES string of the molecule is O=S(=O)(Cc1ccno1)N1CCN(Cc2ccccn2)CC1. The Morgan fingerprint density at radius 3 is 2.55 bits per heavy atom. The maximum Gasteiger partial charge on any atom is 0.221 e. The van der Waals surface area contributed by atoms with Crippen LogP contribution in [0.5, 0.6) is 0 Å². The van der Waals surface area contributed by atoms with Crippen molar-refractivity contribution < 1.29 is 12.9 Å². The van der Waals surface area contributed by atoms with E-state index in [2.05, 4.69) is 15.0 Å². The Balaban J connectivity index is 1.55. The fourth-order valence-electron chi connectivity index (χ4n) is 2.47. The van der Waals surface area contributed by atoms with Gasteiger partial charge in [-0.1, -0.05) is 11.2 Å². The molecule has 0 aromatic carbocycles. The molecule has 0 unspecified atom stereocenters. The van der Waals surface area contributed by atoms with Crippen molar-refractivity contribution in [3.05, 3.63) is 48.1 Å². The van der Waals surface area contributed by atoms with Crippen molar-refractivity contribution in [2.24, 2.45) is 0 Å². The standard InChI is InChI=1S/C14H18N4O3S/c19-22(20,12-14-4-6-16-21-14)18-9-7-17(8-10-18)11-13-3-1-2-5-15-13/h1-6H,7-12H2. The number of rotatable bonds is 5. The van der Waals surface area contributed by atoms with E-state index in [0.29, 0.717) is 31.9 Å². The summed E-state index contributed by atoms with van der Waals surface area (Å²) in [6, 6.07) is 7.40. The number of nitrogens with zero attached hydrogens (tertiary/aromatic N) is 4. The van der Waals surface area contributed by atoms with Gasteiger partial charge in [-0.15, -0.1) is 0 Å². The quantitative estimate of drug-likeness (QED) is 0.807. The molecule has 118 valence electrons. The van der Waals surface area contributed by atoms with E-state index in [1.165, 1.54) is 10.5 Å². The lowest BCUT2D eigenvalue weighted by atomic mass is 10.3. The lowest BCUT2D eigenvalue weighted by Gasteiger charge is -2.33. The van der Waals surface area contributed by atoms with Crippen LogP contribution in [0.2, 0.25) is 0 Å². The molecule has 2 aromatic rings. The predicted molar refractivity (Wildman–Crippen MR) is 80.2 cm³/mol. The van der Waals surface area contributed by atoms with Crippen LogP contribution in [-0.4, -0.2) is 53.9 Å². The second-order valence-corrected chi connectivity index (χ2v) is 7.20. The second kappa shape index (κ2) is 6.55. The second-order valence-electron chi connectivity index (χ2n) is 5.23. The van der Waals surface area contributed by atoms with Crippen molar-refractivity contribution in [1.82, 2.24) is 19.3 Å². The molecule has 0 bridgehead atoms. The van der Waals surface area contributed by atoms with Gasteiger partial charge in [0.05, 0.1) is 11.9 Å². The Labute approximate surface area is 129 Å². The predicted octanol–water partition coefficient (Wildman–Crippen LogP) is 0.717. The van der Waals surface area contributed by atoms with E-state index in [1.807, 2.05) is 18.2 Å². The van der Waals surface area contributed by atoms with E-state index >= 15 is 0 Å². The molecule has 0 spiro atoms. The van der Waals surface area contributed by atoms with Gasteiger partial charge in [-0.25, -0.2) is 8.42 Å². The summed E-state index contributed by atoms with van der Waals surface area (Å²) in [5, 5.41) is 3.54.